The molecule has 0 saturated carbocycles. The molecule has 0 bridgehead atoms. The zero-order chi connectivity index (χ0) is 29.6. The smallest absolute Gasteiger partial charge is 0.212 e. The highest BCUT2D eigenvalue weighted by atomic mass is 32.2. The maximum absolute atomic E-state index is 14.6. The van der Waals surface area contributed by atoms with Crippen molar-refractivity contribution in [1.82, 2.24) is 20.1 Å². The van der Waals surface area contributed by atoms with Crippen LogP contribution in [-0.2, 0) is 28.4 Å². The van der Waals surface area contributed by atoms with Crippen LogP contribution in [0.4, 0.5) is 4.39 Å². The summed E-state index contributed by atoms with van der Waals surface area (Å²) in [5.74, 6) is 1.17. The number of aromatic nitrogens is 3. The van der Waals surface area contributed by atoms with Gasteiger partial charge in [0.1, 0.15) is 22.5 Å². The number of halogens is 1. The van der Waals surface area contributed by atoms with Crippen molar-refractivity contribution >= 4 is 56.8 Å². The first-order valence-corrected chi connectivity index (χ1v) is 14.4. The topological polar surface area (TPSA) is 86.1 Å². The van der Waals surface area contributed by atoms with Crippen LogP contribution in [0.1, 0.15) is 63.8 Å². The molecule has 7 nitrogen and oxygen atoms in total. The Morgan fingerprint density at radius 1 is 1.15 bits per heavy atom. The molecule has 200 valence electrons. The summed E-state index contributed by atoms with van der Waals surface area (Å²) in [6.07, 6.45) is 7.00. The number of carbonyl (C=O) groups is 1. The van der Waals surface area contributed by atoms with Crippen LogP contribution in [0.5, 0.6) is 5.88 Å². The fraction of sp³-hybridized carbons (Fsp3) is 0.640. The average Bonchev–Trinajstić information content (AvgIpc) is 3.28. The Kier molecular flexibility index (Phi) is 11.7. The molecule has 1 aliphatic heterocycles. The van der Waals surface area contributed by atoms with Gasteiger partial charge in [-0.25, -0.2) is 9.37 Å². The molecule has 2 aliphatic rings. The lowest BCUT2D eigenvalue weighted by Gasteiger charge is -2.41. The molecule has 0 spiro atoms. The van der Waals surface area contributed by atoms with Crippen molar-refractivity contribution in [2.24, 2.45) is 0 Å². The number of nitrogens with zero attached hydrogens (tertiary/aromatic N) is 3. The molecular formula is C25H34B5FN4O3S. The number of rotatable bonds is 6. The lowest BCUT2D eigenvalue weighted by atomic mass is 9.28. The van der Waals surface area contributed by atoms with Crippen molar-refractivity contribution in [2.75, 3.05) is 18.6 Å². The number of ether oxygens (including phenoxy) is 1. The van der Waals surface area contributed by atoms with E-state index >= 15 is 0 Å². The summed E-state index contributed by atoms with van der Waals surface area (Å²) in [6.45, 7) is 8.29. The molecule has 2 aromatic rings. The van der Waals surface area contributed by atoms with Crippen LogP contribution in [0.2, 0.25) is 5.11 Å². The summed E-state index contributed by atoms with van der Waals surface area (Å²) < 4.78 is 32.8. The van der Waals surface area contributed by atoms with Crippen LogP contribution >= 0.6 is 0 Å². The average molecular weight is 544 g/mol. The van der Waals surface area contributed by atoms with Gasteiger partial charge in [-0.05, 0) is 66.3 Å². The molecule has 1 fully saturated rings. The molecule has 0 atom stereocenters. The Bertz CT molecular complexity index is 1130. The van der Waals surface area contributed by atoms with Crippen molar-refractivity contribution in [3.63, 3.8) is 0 Å². The van der Waals surface area contributed by atoms with Crippen LogP contribution in [0, 0.1) is 5.82 Å². The van der Waals surface area contributed by atoms with E-state index in [4.69, 9.17) is 48.8 Å². The lowest BCUT2D eigenvalue weighted by molar-refractivity contribution is -0.0980. The van der Waals surface area contributed by atoms with E-state index in [1.807, 2.05) is 32.4 Å². The summed E-state index contributed by atoms with van der Waals surface area (Å²) in [7, 11) is 29.5. The molecule has 1 saturated heterocycles. The molecule has 1 aliphatic carbocycles. The molecular weight excluding hydrogens is 509 g/mol. The molecule has 10 radical (unpaired) electrons. The molecule has 3 heterocycles. The quantitative estimate of drug-likeness (QED) is 0.560. The van der Waals surface area contributed by atoms with E-state index in [1.165, 1.54) is 6.07 Å². The highest BCUT2D eigenvalue weighted by molar-refractivity contribution is 7.85. The van der Waals surface area contributed by atoms with Crippen molar-refractivity contribution < 1.29 is 18.1 Å². The largest absolute Gasteiger partial charge is 0.493 e. The third-order valence-corrected chi connectivity index (χ3v) is 8.42. The highest BCUT2D eigenvalue weighted by Gasteiger charge is 2.33. The van der Waals surface area contributed by atoms with Crippen molar-refractivity contribution in [3.05, 3.63) is 29.3 Å². The van der Waals surface area contributed by atoms with Gasteiger partial charge >= 0.3 is 0 Å². The minimum atomic E-state index is -2.11. The lowest BCUT2D eigenvalue weighted by Crippen LogP contribution is -2.51. The van der Waals surface area contributed by atoms with E-state index in [1.54, 1.807) is 0 Å². The zero-order valence-electron chi connectivity index (χ0n) is 23.3. The van der Waals surface area contributed by atoms with Gasteiger partial charge in [0, 0.05) is 62.2 Å². The second-order valence-electron chi connectivity index (χ2n) is 10.5. The van der Waals surface area contributed by atoms with Gasteiger partial charge in [0.25, 0.3) is 0 Å². The van der Waals surface area contributed by atoms with Crippen LogP contribution in [-0.4, -0.2) is 94.5 Å². The standard InChI is InChI=1S/C17H17B5FN3O.C7H15NOS.CH2O/c1-9(2)26-13-6-4-3-5-10(13)15(25-26)11-7-14(24-8-12(11)23)27-17(21,22)16(18,19)20;1-7(8-2)3-5-10(9)6-4-7;1-2/h7-9H,3-6H2,1-2H3;8H,3-6H2,1-2H3;1H2. The van der Waals surface area contributed by atoms with Gasteiger partial charge in [0.15, 0.2) is 5.82 Å². The van der Waals surface area contributed by atoms with E-state index in [-0.39, 0.29) is 23.0 Å². The molecule has 14 heteroatoms. The Hall–Kier alpha value is -1.81. The monoisotopic (exact) mass is 544 g/mol. The number of carbonyl (C=O) groups excluding carboxylic acids is 1. The molecule has 2 aromatic heterocycles. The minimum Gasteiger partial charge on any atom is -0.493 e. The Labute approximate surface area is 241 Å². The maximum Gasteiger partial charge on any atom is 0.212 e. The third-order valence-electron chi connectivity index (χ3n) is 7.10. The SMILES string of the molecule is C=O.CNC1(C)CCS(=O)CC1.[B]C([B])([B])C([B])([B])Oc1cc(-c2nn(C(C)C)c3c2CCCC3)c(F)cn1. The minimum absolute atomic E-state index is 0.0502. The number of nitrogens with one attached hydrogen (secondary N) is 1. The van der Waals surface area contributed by atoms with Crippen molar-refractivity contribution in [2.45, 2.75) is 81.4 Å². The molecule has 0 unspecified atom stereocenters. The molecule has 1 N–H and O–H groups in total. The van der Waals surface area contributed by atoms with E-state index in [9.17, 15) is 8.60 Å². The second kappa shape index (κ2) is 13.7. The summed E-state index contributed by atoms with van der Waals surface area (Å²) in [6, 6.07) is 1.55. The predicted octanol–water partition coefficient (Wildman–Crippen LogP) is 1.81. The summed E-state index contributed by atoms with van der Waals surface area (Å²) in [5.41, 5.74) is 3.27. The molecule has 0 amide bonds. The van der Waals surface area contributed by atoms with E-state index < -0.39 is 27.1 Å². The zero-order valence-corrected chi connectivity index (χ0v) is 24.2. The van der Waals surface area contributed by atoms with E-state index in [2.05, 4.69) is 22.3 Å². The Morgan fingerprint density at radius 2 is 1.74 bits per heavy atom. The molecule has 4 rings (SSSR count). The second-order valence-corrected chi connectivity index (χ2v) is 12.2. The first-order chi connectivity index (χ1) is 18.2. The number of hydrogen-bond acceptors (Lipinski definition) is 6. The van der Waals surface area contributed by atoms with Crippen molar-refractivity contribution in [1.29, 1.82) is 0 Å². The van der Waals surface area contributed by atoms with E-state index in [0.29, 0.717) is 5.69 Å². The van der Waals surface area contributed by atoms with Crippen molar-refractivity contribution in [3.8, 4) is 17.1 Å². The number of fused-ring (bicyclic) bond motifs is 1. The van der Waals surface area contributed by atoms with Gasteiger partial charge in [0.05, 0.1) is 35.4 Å². The van der Waals surface area contributed by atoms with Crippen LogP contribution < -0.4 is 10.1 Å². The van der Waals surface area contributed by atoms with Gasteiger partial charge in [-0.3, -0.25) is 8.89 Å². The van der Waals surface area contributed by atoms with Gasteiger partial charge in [-0.1, -0.05) is 0 Å². The van der Waals surface area contributed by atoms with Gasteiger partial charge in [-0.15, -0.1) is 5.11 Å². The number of pyridine rings is 1. The summed E-state index contributed by atoms with van der Waals surface area (Å²) >= 11 is 0. The normalized spacial score (nSPS) is 21.1. The summed E-state index contributed by atoms with van der Waals surface area (Å²) in [4.78, 5) is 11.9. The first-order valence-electron chi connectivity index (χ1n) is 12.9. The third kappa shape index (κ3) is 8.35. The van der Waals surface area contributed by atoms with Gasteiger partial charge in [-0.2, -0.15) is 5.10 Å². The molecule has 0 aromatic carbocycles. The van der Waals surface area contributed by atoms with Crippen LogP contribution in [0.3, 0.4) is 0 Å². The van der Waals surface area contributed by atoms with E-state index in [0.717, 1.165) is 67.5 Å². The highest BCUT2D eigenvalue weighted by Crippen LogP contribution is 2.36. The first kappa shape index (κ1) is 33.4. The molecule has 39 heavy (non-hydrogen) atoms. The Balaban J connectivity index is 0.000000372. The number of hydrogen-bond donors (Lipinski definition) is 1. The Morgan fingerprint density at radius 3 is 2.28 bits per heavy atom. The fourth-order valence-electron chi connectivity index (χ4n) is 4.34. The van der Waals surface area contributed by atoms with Crippen LogP contribution in [0.25, 0.3) is 11.3 Å². The van der Waals surface area contributed by atoms with Crippen LogP contribution in [0.15, 0.2) is 12.3 Å². The fourth-order valence-corrected chi connectivity index (χ4v) is 5.90. The predicted molar refractivity (Wildman–Crippen MR) is 159 cm³/mol. The van der Waals surface area contributed by atoms with Gasteiger partial charge in [0.2, 0.25) is 5.88 Å². The summed E-state index contributed by atoms with van der Waals surface area (Å²) in [5, 5.41) is 3.80. The van der Waals surface area contributed by atoms with Gasteiger partial charge < -0.3 is 14.8 Å². The maximum atomic E-state index is 14.6.